The minimum atomic E-state index is -0.316. The largest absolute Gasteiger partial charge is 0.306 e. The fourth-order valence-electron chi connectivity index (χ4n) is 2.20. The molecule has 1 N–H and O–H groups in total. The molecule has 21 heavy (non-hydrogen) atoms. The Hall–Kier alpha value is -1.26. The topological polar surface area (TPSA) is 12.0 Å². The lowest BCUT2D eigenvalue weighted by atomic mass is 9.97. The molecule has 0 aliphatic rings. The Bertz CT molecular complexity index is 577. The Labute approximate surface area is 132 Å². The summed E-state index contributed by atoms with van der Waals surface area (Å²) in [7, 11) is 0. The molecule has 0 saturated heterocycles. The Kier molecular flexibility index (Phi) is 5.48. The van der Waals surface area contributed by atoms with Gasteiger partial charge in [0.05, 0.1) is 10.5 Å². The van der Waals surface area contributed by atoms with Crippen molar-refractivity contribution >= 4 is 15.9 Å². The molecular formula is C17H18BrF2N. The van der Waals surface area contributed by atoms with Crippen LogP contribution in [-0.4, -0.2) is 6.54 Å². The Morgan fingerprint density at radius 3 is 2.24 bits per heavy atom. The molecule has 1 atom stereocenters. The summed E-state index contributed by atoms with van der Waals surface area (Å²) in [6.07, 6.45) is 0.948. The van der Waals surface area contributed by atoms with Crippen LogP contribution in [0, 0.1) is 18.6 Å². The molecule has 112 valence electrons. The molecule has 0 fully saturated rings. The van der Waals surface area contributed by atoms with Crippen molar-refractivity contribution in [3.8, 4) is 0 Å². The van der Waals surface area contributed by atoms with Gasteiger partial charge in [-0.1, -0.05) is 25.1 Å². The van der Waals surface area contributed by atoms with E-state index in [2.05, 4.69) is 28.2 Å². The minimum absolute atomic E-state index is 0.220. The molecule has 0 saturated carbocycles. The lowest BCUT2D eigenvalue weighted by molar-refractivity contribution is 0.574. The zero-order valence-electron chi connectivity index (χ0n) is 12.1. The van der Waals surface area contributed by atoms with Crippen LogP contribution in [0.1, 0.15) is 36.1 Å². The van der Waals surface area contributed by atoms with Crippen molar-refractivity contribution < 1.29 is 8.78 Å². The summed E-state index contributed by atoms with van der Waals surface area (Å²) in [5.74, 6) is -0.559. The maximum Gasteiger partial charge on any atom is 0.137 e. The summed E-state index contributed by atoms with van der Waals surface area (Å²) < 4.78 is 28.0. The number of halogens is 3. The van der Waals surface area contributed by atoms with E-state index in [9.17, 15) is 8.78 Å². The van der Waals surface area contributed by atoms with Gasteiger partial charge in [-0.25, -0.2) is 8.78 Å². The number of rotatable bonds is 5. The van der Waals surface area contributed by atoms with E-state index >= 15 is 0 Å². The highest BCUT2D eigenvalue weighted by molar-refractivity contribution is 9.10. The molecule has 0 aliphatic heterocycles. The fourth-order valence-corrected chi connectivity index (χ4v) is 2.44. The van der Waals surface area contributed by atoms with Crippen LogP contribution < -0.4 is 5.32 Å². The maximum atomic E-state index is 13.8. The predicted molar refractivity (Wildman–Crippen MR) is 85.4 cm³/mol. The summed E-state index contributed by atoms with van der Waals surface area (Å²) in [5.41, 5.74) is 2.19. The second-order valence-corrected chi connectivity index (χ2v) is 5.92. The van der Waals surface area contributed by atoms with Gasteiger partial charge in [-0.05, 0) is 70.7 Å². The van der Waals surface area contributed by atoms with Gasteiger partial charge in [0.1, 0.15) is 11.6 Å². The van der Waals surface area contributed by atoms with E-state index in [-0.39, 0.29) is 17.7 Å². The molecule has 2 rings (SSSR count). The molecule has 0 heterocycles. The summed E-state index contributed by atoms with van der Waals surface area (Å²) in [6.45, 7) is 4.56. The van der Waals surface area contributed by atoms with Gasteiger partial charge in [0.2, 0.25) is 0 Å². The predicted octanol–water partition coefficient (Wildman–Crippen LogP) is 5.12. The van der Waals surface area contributed by atoms with E-state index in [0.29, 0.717) is 10.0 Å². The van der Waals surface area contributed by atoms with E-state index in [1.807, 2.05) is 12.1 Å². The lowest BCUT2D eigenvalue weighted by Crippen LogP contribution is -2.23. The molecule has 0 aliphatic carbocycles. The quantitative estimate of drug-likeness (QED) is 0.785. The second kappa shape index (κ2) is 7.14. The first-order valence-electron chi connectivity index (χ1n) is 6.97. The van der Waals surface area contributed by atoms with Gasteiger partial charge in [-0.2, -0.15) is 0 Å². The first-order chi connectivity index (χ1) is 10.0. The van der Waals surface area contributed by atoms with Crippen molar-refractivity contribution in [2.45, 2.75) is 26.3 Å². The van der Waals surface area contributed by atoms with Gasteiger partial charge in [-0.3, -0.25) is 0 Å². The van der Waals surface area contributed by atoms with Crippen molar-refractivity contribution in [3.05, 3.63) is 69.2 Å². The highest BCUT2D eigenvalue weighted by Gasteiger charge is 2.16. The first-order valence-corrected chi connectivity index (χ1v) is 7.76. The van der Waals surface area contributed by atoms with Crippen LogP contribution in [-0.2, 0) is 0 Å². The van der Waals surface area contributed by atoms with Crippen LogP contribution in [0.3, 0.4) is 0 Å². The van der Waals surface area contributed by atoms with Gasteiger partial charge in [0.15, 0.2) is 0 Å². The van der Waals surface area contributed by atoms with Crippen molar-refractivity contribution in [1.29, 1.82) is 0 Å². The van der Waals surface area contributed by atoms with E-state index in [0.717, 1.165) is 24.1 Å². The SMILES string of the molecule is CCCNC(c1ccc(C)c(F)c1)c1ccc(Br)c(F)c1. The van der Waals surface area contributed by atoms with Crippen molar-refractivity contribution in [3.63, 3.8) is 0 Å². The van der Waals surface area contributed by atoms with Gasteiger partial charge < -0.3 is 5.32 Å². The highest BCUT2D eigenvalue weighted by atomic mass is 79.9. The van der Waals surface area contributed by atoms with Gasteiger partial charge in [0, 0.05) is 0 Å². The molecule has 1 unspecified atom stereocenters. The van der Waals surface area contributed by atoms with Crippen LogP contribution in [0.15, 0.2) is 40.9 Å². The van der Waals surface area contributed by atoms with E-state index in [1.54, 1.807) is 19.1 Å². The molecule has 1 nitrogen and oxygen atoms in total. The fraction of sp³-hybridized carbons (Fsp3) is 0.294. The summed E-state index contributed by atoms with van der Waals surface area (Å²) in [6, 6.07) is 9.93. The average molecular weight is 354 g/mol. The minimum Gasteiger partial charge on any atom is -0.306 e. The molecule has 2 aromatic carbocycles. The van der Waals surface area contributed by atoms with Crippen LogP contribution in [0.5, 0.6) is 0 Å². The van der Waals surface area contributed by atoms with Gasteiger partial charge in [-0.15, -0.1) is 0 Å². The third-order valence-electron chi connectivity index (χ3n) is 3.40. The molecule has 0 spiro atoms. The second-order valence-electron chi connectivity index (χ2n) is 5.07. The lowest BCUT2D eigenvalue weighted by Gasteiger charge is -2.20. The third kappa shape index (κ3) is 3.89. The Morgan fingerprint density at radius 2 is 1.67 bits per heavy atom. The first kappa shape index (κ1) is 16.1. The Balaban J connectivity index is 2.41. The molecule has 0 amide bonds. The smallest absolute Gasteiger partial charge is 0.137 e. The van der Waals surface area contributed by atoms with Crippen molar-refractivity contribution in [2.24, 2.45) is 0 Å². The standard InChI is InChI=1S/C17H18BrF2N/c1-3-8-21-17(12-5-4-11(2)15(19)9-12)13-6-7-14(18)16(20)10-13/h4-7,9-10,17,21H,3,8H2,1-2H3. The molecule has 0 radical (unpaired) electrons. The number of hydrogen-bond donors (Lipinski definition) is 1. The Morgan fingerprint density at radius 1 is 1.05 bits per heavy atom. The zero-order chi connectivity index (χ0) is 15.4. The third-order valence-corrected chi connectivity index (χ3v) is 4.05. The molecule has 2 aromatic rings. The highest BCUT2D eigenvalue weighted by Crippen LogP contribution is 2.27. The summed E-state index contributed by atoms with van der Waals surface area (Å²) >= 11 is 3.15. The molecule has 0 bridgehead atoms. The van der Waals surface area contributed by atoms with Crippen molar-refractivity contribution in [1.82, 2.24) is 5.32 Å². The van der Waals surface area contributed by atoms with E-state index in [4.69, 9.17) is 0 Å². The number of nitrogens with one attached hydrogen (secondary N) is 1. The van der Waals surface area contributed by atoms with Crippen LogP contribution in [0.25, 0.3) is 0 Å². The van der Waals surface area contributed by atoms with Crippen molar-refractivity contribution in [2.75, 3.05) is 6.54 Å². The molecule has 4 heteroatoms. The zero-order valence-corrected chi connectivity index (χ0v) is 13.7. The van der Waals surface area contributed by atoms with Gasteiger partial charge in [0.25, 0.3) is 0 Å². The average Bonchev–Trinajstić information content (AvgIpc) is 2.46. The number of hydrogen-bond acceptors (Lipinski definition) is 1. The monoisotopic (exact) mass is 353 g/mol. The van der Waals surface area contributed by atoms with Crippen LogP contribution in [0.2, 0.25) is 0 Å². The maximum absolute atomic E-state index is 13.8. The normalized spacial score (nSPS) is 12.4. The number of aryl methyl sites for hydroxylation is 1. The molecular weight excluding hydrogens is 336 g/mol. The summed E-state index contributed by atoms with van der Waals surface area (Å²) in [4.78, 5) is 0. The van der Waals surface area contributed by atoms with E-state index in [1.165, 1.54) is 12.1 Å². The van der Waals surface area contributed by atoms with Gasteiger partial charge >= 0.3 is 0 Å². The van der Waals surface area contributed by atoms with E-state index < -0.39 is 0 Å². The molecule has 0 aromatic heterocycles. The summed E-state index contributed by atoms with van der Waals surface area (Å²) in [5, 5.41) is 3.35. The van der Waals surface area contributed by atoms with Crippen LogP contribution in [0.4, 0.5) is 8.78 Å². The number of benzene rings is 2. The van der Waals surface area contributed by atoms with Crippen LogP contribution >= 0.6 is 15.9 Å².